The summed E-state index contributed by atoms with van der Waals surface area (Å²) < 4.78 is 67.5. The number of fused-ring (bicyclic) bond motifs is 1. The number of aromatic hydroxyl groups is 1. The van der Waals surface area contributed by atoms with Crippen molar-refractivity contribution in [1.29, 1.82) is 0 Å². The average molecular weight is 543 g/mol. The number of aliphatic hydroxyl groups excluding tert-OH is 1. The molecule has 1 unspecified atom stereocenters. The Kier molecular flexibility index (Phi) is 7.02. The standard InChI is InChI=1S/C23H19ClF4N4O5/c1-3-31-17(10-33)30-32(22(31)35)13-8-12-6-7-29-21(37-20-14(25)4-5-15(34)19(20)24)18(12)16(9-13)36-11(2)23(26,27)28/h4-9,11,33-34H,3,10H2,1-2H3. The highest BCUT2D eigenvalue weighted by Crippen LogP contribution is 2.42. The van der Waals surface area contributed by atoms with Crippen LogP contribution in [0, 0.1) is 5.82 Å². The number of benzene rings is 2. The van der Waals surface area contributed by atoms with Crippen molar-refractivity contribution in [2.75, 3.05) is 0 Å². The lowest BCUT2D eigenvalue weighted by atomic mass is 10.1. The van der Waals surface area contributed by atoms with Gasteiger partial charge in [0.25, 0.3) is 0 Å². The Hall–Kier alpha value is -3.84. The average Bonchev–Trinajstić information content (AvgIpc) is 3.18. The highest BCUT2D eigenvalue weighted by molar-refractivity contribution is 6.33. The summed E-state index contributed by atoms with van der Waals surface area (Å²) in [6.07, 6.45) is -5.81. The first-order chi connectivity index (χ1) is 17.5. The van der Waals surface area contributed by atoms with Crippen LogP contribution in [-0.4, -0.2) is 41.8 Å². The van der Waals surface area contributed by atoms with Crippen LogP contribution in [0.4, 0.5) is 17.6 Å². The lowest BCUT2D eigenvalue weighted by Crippen LogP contribution is -2.31. The summed E-state index contributed by atoms with van der Waals surface area (Å²) in [6, 6.07) is 5.82. The number of phenolic OH excluding ortho intramolecular Hbond substituents is 1. The van der Waals surface area contributed by atoms with Gasteiger partial charge >= 0.3 is 11.9 Å². The van der Waals surface area contributed by atoms with E-state index in [9.17, 15) is 32.6 Å². The SMILES string of the molecule is CCn1c(CO)nn(-c2cc(OC(C)C(F)(F)F)c3c(Oc4c(F)ccc(O)c4Cl)nccc3c2)c1=O. The van der Waals surface area contributed by atoms with Gasteiger partial charge in [-0.2, -0.15) is 17.9 Å². The van der Waals surface area contributed by atoms with E-state index >= 15 is 0 Å². The van der Waals surface area contributed by atoms with Crippen molar-refractivity contribution in [3.05, 3.63) is 63.7 Å². The fraction of sp³-hybridized carbons (Fsp3) is 0.261. The van der Waals surface area contributed by atoms with Gasteiger partial charge in [0.2, 0.25) is 5.88 Å². The molecular formula is C23H19ClF4N4O5. The van der Waals surface area contributed by atoms with Crippen molar-refractivity contribution in [2.24, 2.45) is 0 Å². The van der Waals surface area contributed by atoms with Crippen LogP contribution < -0.4 is 15.2 Å². The number of rotatable bonds is 7. The molecule has 2 aromatic heterocycles. The Balaban J connectivity index is 1.96. The third kappa shape index (κ3) is 4.91. The Morgan fingerprint density at radius 3 is 2.57 bits per heavy atom. The molecule has 1 atom stereocenters. The zero-order valence-corrected chi connectivity index (χ0v) is 20.0. The van der Waals surface area contributed by atoms with Crippen molar-refractivity contribution < 1.29 is 37.2 Å². The Morgan fingerprint density at radius 1 is 1.22 bits per heavy atom. The second kappa shape index (κ2) is 9.90. The van der Waals surface area contributed by atoms with Crippen LogP contribution >= 0.6 is 11.6 Å². The number of aromatic nitrogens is 4. The summed E-state index contributed by atoms with van der Waals surface area (Å²) in [5.41, 5.74) is -0.609. The van der Waals surface area contributed by atoms with Crippen molar-refractivity contribution in [3.63, 3.8) is 0 Å². The monoisotopic (exact) mass is 542 g/mol. The van der Waals surface area contributed by atoms with Crippen LogP contribution in [0.3, 0.4) is 0 Å². The van der Waals surface area contributed by atoms with Crippen LogP contribution in [-0.2, 0) is 13.2 Å². The number of aliphatic hydroxyl groups is 1. The predicted molar refractivity (Wildman–Crippen MR) is 124 cm³/mol. The molecule has 0 radical (unpaired) electrons. The van der Waals surface area contributed by atoms with E-state index in [-0.39, 0.29) is 34.7 Å². The van der Waals surface area contributed by atoms with E-state index in [2.05, 4.69) is 10.1 Å². The smallest absolute Gasteiger partial charge is 0.425 e. The Bertz CT molecular complexity index is 1540. The van der Waals surface area contributed by atoms with Gasteiger partial charge in [0.05, 0.1) is 11.1 Å². The van der Waals surface area contributed by atoms with Gasteiger partial charge in [-0.25, -0.2) is 14.2 Å². The molecule has 0 amide bonds. The summed E-state index contributed by atoms with van der Waals surface area (Å²) in [4.78, 5) is 16.8. The highest BCUT2D eigenvalue weighted by atomic mass is 35.5. The van der Waals surface area contributed by atoms with Crippen molar-refractivity contribution in [3.8, 4) is 28.8 Å². The lowest BCUT2D eigenvalue weighted by molar-refractivity contribution is -0.189. The van der Waals surface area contributed by atoms with Gasteiger partial charge < -0.3 is 19.7 Å². The fourth-order valence-corrected chi connectivity index (χ4v) is 3.73. The molecule has 14 heteroatoms. The summed E-state index contributed by atoms with van der Waals surface area (Å²) in [5.74, 6) is -2.79. The largest absolute Gasteiger partial charge is 0.506 e. The molecule has 37 heavy (non-hydrogen) atoms. The lowest BCUT2D eigenvalue weighted by Gasteiger charge is -2.20. The summed E-state index contributed by atoms with van der Waals surface area (Å²) in [6.45, 7) is 2.08. The van der Waals surface area contributed by atoms with Crippen LogP contribution in [0.1, 0.15) is 19.7 Å². The normalized spacial score (nSPS) is 12.6. The van der Waals surface area contributed by atoms with Gasteiger partial charge in [-0.1, -0.05) is 11.6 Å². The van der Waals surface area contributed by atoms with Crippen LogP contribution in [0.15, 0.2) is 41.3 Å². The van der Waals surface area contributed by atoms with Gasteiger partial charge in [-0.15, -0.1) is 5.10 Å². The van der Waals surface area contributed by atoms with Gasteiger partial charge in [0.1, 0.15) is 23.1 Å². The molecule has 0 aliphatic rings. The molecular weight excluding hydrogens is 524 g/mol. The Labute approximate surface area is 211 Å². The van der Waals surface area contributed by atoms with E-state index in [1.807, 2.05) is 0 Å². The zero-order chi connectivity index (χ0) is 27.1. The predicted octanol–water partition coefficient (Wildman–Crippen LogP) is 4.71. The molecule has 4 aromatic rings. The van der Waals surface area contributed by atoms with Crippen molar-refractivity contribution in [1.82, 2.24) is 19.3 Å². The maximum atomic E-state index is 14.4. The van der Waals surface area contributed by atoms with Gasteiger partial charge in [-0.05, 0) is 43.5 Å². The van der Waals surface area contributed by atoms with Gasteiger partial charge in [0, 0.05) is 18.8 Å². The first-order valence-corrected chi connectivity index (χ1v) is 11.1. The number of phenols is 1. The van der Waals surface area contributed by atoms with Crippen molar-refractivity contribution >= 4 is 22.4 Å². The molecule has 9 nitrogen and oxygen atoms in total. The summed E-state index contributed by atoms with van der Waals surface area (Å²) in [5, 5.41) is 23.1. The van der Waals surface area contributed by atoms with Crippen LogP contribution in [0.2, 0.25) is 5.02 Å². The molecule has 2 aromatic carbocycles. The van der Waals surface area contributed by atoms with Gasteiger partial charge in [0.15, 0.2) is 23.5 Å². The molecule has 0 aliphatic carbocycles. The second-order valence-corrected chi connectivity index (χ2v) is 8.16. The number of pyridine rings is 1. The number of alkyl halides is 3. The second-order valence-electron chi connectivity index (χ2n) is 7.78. The number of ether oxygens (including phenoxy) is 2. The fourth-order valence-electron chi connectivity index (χ4n) is 3.53. The topological polar surface area (TPSA) is 112 Å². The maximum Gasteiger partial charge on any atom is 0.425 e. The first kappa shape index (κ1) is 26.2. The van der Waals surface area contributed by atoms with E-state index in [1.165, 1.54) is 22.9 Å². The minimum absolute atomic E-state index is 0.0301. The molecule has 0 bridgehead atoms. The number of halogens is 5. The van der Waals surface area contributed by atoms with Crippen LogP contribution in [0.5, 0.6) is 23.1 Å². The van der Waals surface area contributed by atoms with Gasteiger partial charge in [-0.3, -0.25) is 4.57 Å². The molecule has 4 rings (SSSR count). The third-order valence-electron chi connectivity index (χ3n) is 5.41. The van der Waals surface area contributed by atoms with E-state index in [1.54, 1.807) is 6.92 Å². The molecule has 2 N–H and O–H groups in total. The van der Waals surface area contributed by atoms with E-state index in [0.29, 0.717) is 0 Å². The van der Waals surface area contributed by atoms with E-state index < -0.39 is 52.7 Å². The maximum absolute atomic E-state index is 14.4. The van der Waals surface area contributed by atoms with Crippen molar-refractivity contribution in [2.45, 2.75) is 39.3 Å². The molecule has 0 saturated carbocycles. The zero-order valence-electron chi connectivity index (χ0n) is 19.3. The number of hydrogen-bond acceptors (Lipinski definition) is 7. The first-order valence-electron chi connectivity index (χ1n) is 10.8. The van der Waals surface area contributed by atoms with E-state index in [4.69, 9.17) is 21.1 Å². The number of hydrogen-bond donors (Lipinski definition) is 2. The minimum atomic E-state index is -4.75. The molecule has 0 saturated heterocycles. The minimum Gasteiger partial charge on any atom is -0.506 e. The number of nitrogens with zero attached hydrogens (tertiary/aromatic N) is 4. The molecule has 2 heterocycles. The van der Waals surface area contributed by atoms with E-state index in [0.717, 1.165) is 29.8 Å². The molecule has 0 spiro atoms. The Morgan fingerprint density at radius 2 is 1.95 bits per heavy atom. The van der Waals surface area contributed by atoms with Crippen LogP contribution in [0.25, 0.3) is 16.5 Å². The highest BCUT2D eigenvalue weighted by Gasteiger charge is 2.38. The molecule has 196 valence electrons. The summed E-state index contributed by atoms with van der Waals surface area (Å²) >= 11 is 5.96. The molecule has 0 aliphatic heterocycles. The third-order valence-corrected chi connectivity index (χ3v) is 5.78. The quantitative estimate of drug-likeness (QED) is 0.325. The summed E-state index contributed by atoms with van der Waals surface area (Å²) in [7, 11) is 0. The molecule has 0 fully saturated rings.